The average Bonchev–Trinajstić information content (AvgIpc) is 2.99. The smallest absolute Gasteiger partial charge is 0.305 e. The summed E-state index contributed by atoms with van der Waals surface area (Å²) in [4.78, 5) is 11.9. The molecule has 0 saturated carbocycles. The Balaban J connectivity index is 1.98. The maximum Gasteiger partial charge on any atom is 0.305 e. The molecule has 224 valence electrons. The molecule has 0 bridgehead atoms. The first-order valence-electron chi connectivity index (χ1n) is 16.0. The molecule has 0 aromatic rings. The lowest BCUT2D eigenvalue weighted by molar-refractivity contribution is -0.143. The Hall–Kier alpha value is -3.13. The molecule has 1 aliphatic carbocycles. The van der Waals surface area contributed by atoms with E-state index in [4.69, 9.17) is 4.74 Å². The van der Waals surface area contributed by atoms with Crippen molar-refractivity contribution in [2.75, 3.05) is 6.61 Å². The number of rotatable bonds is 23. The number of carbonyl (C=O) groups is 1. The fourth-order valence-corrected chi connectivity index (χ4v) is 4.20. The van der Waals surface area contributed by atoms with E-state index in [0.717, 1.165) is 83.5 Å². The molecule has 41 heavy (non-hydrogen) atoms. The summed E-state index contributed by atoms with van der Waals surface area (Å²) in [5.41, 5.74) is -0.0548. The van der Waals surface area contributed by atoms with Crippen molar-refractivity contribution in [3.05, 3.63) is 122 Å². The number of unbranched alkanes of at least 4 members (excludes halogenated alkanes) is 3. The molecule has 0 N–H and O–H groups in total. The summed E-state index contributed by atoms with van der Waals surface area (Å²) in [5.74, 6) is -0.0742. The van der Waals surface area contributed by atoms with Crippen LogP contribution in [0.4, 0.5) is 0 Å². The fraction of sp³-hybridized carbons (Fsp3) is 0.462. The zero-order valence-corrected chi connectivity index (χ0v) is 26.0. The largest absolute Gasteiger partial charge is 0.466 e. The highest BCUT2D eigenvalue weighted by Gasteiger charge is 2.17. The van der Waals surface area contributed by atoms with Gasteiger partial charge in [0.05, 0.1) is 6.61 Å². The second-order valence-corrected chi connectivity index (χ2v) is 10.3. The number of ether oxygens (including phenoxy) is 1. The van der Waals surface area contributed by atoms with Gasteiger partial charge in [0.15, 0.2) is 0 Å². The molecule has 0 amide bonds. The summed E-state index contributed by atoms with van der Waals surface area (Å²) in [5, 5.41) is 0. The molecule has 0 aromatic heterocycles. The first-order chi connectivity index (χ1) is 20.2. The van der Waals surface area contributed by atoms with Gasteiger partial charge in [-0.05, 0) is 83.5 Å². The average molecular weight is 557 g/mol. The van der Waals surface area contributed by atoms with E-state index < -0.39 is 0 Å². The number of allylic oxidation sites excluding steroid dienone is 20. The quantitative estimate of drug-likeness (QED) is 0.0710. The molecule has 2 nitrogen and oxygen atoms in total. The van der Waals surface area contributed by atoms with Crippen LogP contribution in [0.15, 0.2) is 122 Å². The second kappa shape index (κ2) is 27.1. The van der Waals surface area contributed by atoms with Crippen LogP contribution in [0.3, 0.4) is 0 Å². The third-order valence-corrected chi connectivity index (χ3v) is 6.51. The van der Waals surface area contributed by atoms with Crippen LogP contribution in [0.2, 0.25) is 0 Å². The Labute approximate surface area is 252 Å². The summed E-state index contributed by atoms with van der Waals surface area (Å²) in [6.07, 6.45) is 57.9. The van der Waals surface area contributed by atoms with Gasteiger partial charge in [-0.3, -0.25) is 4.79 Å². The standard InChI is InChI=1S/C39H56O2/c1-3-5-7-8-9-10-11-12-13-14-15-16-17-18-20-23-27-32-38(40)41-37-31-25-22-19-21-24-28-34-39(33-6-4-2)35-29-26-30-36-39/h5-7,9-10,12-13,15-16,18-21,28-30,33-36H,3-4,8,11,14,17,22-27,31-32,37H2,1-2H3/b7-5-,10-9-,13-12-,16-15-,20-18-,21-19-,33-6-,34-28-. The van der Waals surface area contributed by atoms with E-state index in [-0.39, 0.29) is 11.4 Å². The Morgan fingerprint density at radius 1 is 0.610 bits per heavy atom. The Bertz CT molecular complexity index is 934. The first kappa shape index (κ1) is 35.9. The van der Waals surface area contributed by atoms with Crippen molar-refractivity contribution in [2.45, 2.75) is 104 Å². The molecule has 1 rings (SSSR count). The minimum absolute atomic E-state index is 0.0548. The van der Waals surface area contributed by atoms with Crippen molar-refractivity contribution in [1.29, 1.82) is 0 Å². The molecular weight excluding hydrogens is 500 g/mol. The zero-order valence-electron chi connectivity index (χ0n) is 26.0. The van der Waals surface area contributed by atoms with Crippen molar-refractivity contribution >= 4 is 5.97 Å². The lowest BCUT2D eigenvalue weighted by atomic mass is 9.83. The van der Waals surface area contributed by atoms with Crippen molar-refractivity contribution in [3.63, 3.8) is 0 Å². The molecule has 0 saturated heterocycles. The SMILES string of the molecule is CC/C=C\C/C=C\C/C=C\C/C=C\C/C=C\CCCC(=O)OCCCC/C=C\C/C=C\C1(/C=C\CC)C=CCC=C1. The molecular formula is C39H56O2. The summed E-state index contributed by atoms with van der Waals surface area (Å²) >= 11 is 0. The molecule has 0 aromatic carbocycles. The van der Waals surface area contributed by atoms with Gasteiger partial charge in [-0.1, -0.05) is 135 Å². The predicted octanol–water partition coefficient (Wildman–Crippen LogP) is 11.6. The summed E-state index contributed by atoms with van der Waals surface area (Å²) in [6, 6.07) is 0. The highest BCUT2D eigenvalue weighted by Crippen LogP contribution is 2.29. The molecule has 0 fully saturated rings. The summed E-state index contributed by atoms with van der Waals surface area (Å²) in [7, 11) is 0. The second-order valence-electron chi connectivity index (χ2n) is 10.3. The zero-order chi connectivity index (χ0) is 29.5. The van der Waals surface area contributed by atoms with Crippen LogP contribution >= 0.6 is 0 Å². The lowest BCUT2D eigenvalue weighted by Crippen LogP contribution is -2.09. The minimum Gasteiger partial charge on any atom is -0.466 e. The van der Waals surface area contributed by atoms with Gasteiger partial charge in [0.2, 0.25) is 0 Å². The van der Waals surface area contributed by atoms with Crippen LogP contribution in [0.1, 0.15) is 104 Å². The number of esters is 1. The van der Waals surface area contributed by atoms with Crippen LogP contribution in [-0.2, 0) is 9.53 Å². The number of hydrogen-bond donors (Lipinski definition) is 0. The monoisotopic (exact) mass is 556 g/mol. The first-order valence-corrected chi connectivity index (χ1v) is 16.0. The molecule has 2 heteroatoms. The van der Waals surface area contributed by atoms with Crippen LogP contribution < -0.4 is 0 Å². The third-order valence-electron chi connectivity index (χ3n) is 6.51. The van der Waals surface area contributed by atoms with Crippen molar-refractivity contribution in [1.82, 2.24) is 0 Å². The Morgan fingerprint density at radius 3 is 1.68 bits per heavy atom. The van der Waals surface area contributed by atoms with Gasteiger partial charge in [-0.2, -0.15) is 0 Å². The normalized spacial score (nSPS) is 15.7. The lowest BCUT2D eigenvalue weighted by Gasteiger charge is -2.21. The van der Waals surface area contributed by atoms with E-state index in [1.165, 1.54) is 0 Å². The Morgan fingerprint density at radius 2 is 1.10 bits per heavy atom. The number of carbonyl (C=O) groups excluding carboxylic acids is 1. The van der Waals surface area contributed by atoms with Crippen LogP contribution in [0.25, 0.3) is 0 Å². The molecule has 1 aliphatic rings. The van der Waals surface area contributed by atoms with E-state index >= 15 is 0 Å². The van der Waals surface area contributed by atoms with Gasteiger partial charge in [0, 0.05) is 11.8 Å². The van der Waals surface area contributed by atoms with Gasteiger partial charge in [-0.15, -0.1) is 0 Å². The molecule has 0 aliphatic heterocycles. The third kappa shape index (κ3) is 22.3. The van der Waals surface area contributed by atoms with Crippen molar-refractivity contribution in [3.8, 4) is 0 Å². The van der Waals surface area contributed by atoms with Gasteiger partial charge in [-0.25, -0.2) is 0 Å². The molecule has 0 unspecified atom stereocenters. The van der Waals surface area contributed by atoms with Crippen molar-refractivity contribution in [2.24, 2.45) is 5.41 Å². The predicted molar refractivity (Wildman–Crippen MR) is 181 cm³/mol. The van der Waals surface area contributed by atoms with Gasteiger partial charge in [0.25, 0.3) is 0 Å². The van der Waals surface area contributed by atoms with Crippen LogP contribution in [-0.4, -0.2) is 12.6 Å². The Kier molecular flexibility index (Phi) is 23.7. The molecule has 0 atom stereocenters. The minimum atomic E-state index is -0.0742. The fourth-order valence-electron chi connectivity index (χ4n) is 4.20. The van der Waals surface area contributed by atoms with Crippen LogP contribution in [0, 0.1) is 5.41 Å². The van der Waals surface area contributed by atoms with Gasteiger partial charge < -0.3 is 4.74 Å². The van der Waals surface area contributed by atoms with Gasteiger partial charge >= 0.3 is 5.97 Å². The van der Waals surface area contributed by atoms with E-state index in [1.807, 2.05) is 0 Å². The van der Waals surface area contributed by atoms with E-state index in [1.54, 1.807) is 0 Å². The van der Waals surface area contributed by atoms with Crippen molar-refractivity contribution < 1.29 is 9.53 Å². The molecule has 0 spiro atoms. The van der Waals surface area contributed by atoms with E-state index in [0.29, 0.717) is 13.0 Å². The number of hydrogen-bond acceptors (Lipinski definition) is 2. The molecule has 0 heterocycles. The highest BCUT2D eigenvalue weighted by atomic mass is 16.5. The summed E-state index contributed by atoms with van der Waals surface area (Å²) in [6.45, 7) is 4.85. The molecule has 0 radical (unpaired) electrons. The topological polar surface area (TPSA) is 26.3 Å². The maximum atomic E-state index is 11.9. The van der Waals surface area contributed by atoms with Crippen LogP contribution in [0.5, 0.6) is 0 Å². The maximum absolute atomic E-state index is 11.9. The summed E-state index contributed by atoms with van der Waals surface area (Å²) < 4.78 is 5.38. The van der Waals surface area contributed by atoms with Gasteiger partial charge in [0.1, 0.15) is 0 Å². The highest BCUT2D eigenvalue weighted by molar-refractivity contribution is 5.69. The van der Waals surface area contributed by atoms with E-state index in [2.05, 4.69) is 135 Å². The van der Waals surface area contributed by atoms with E-state index in [9.17, 15) is 4.79 Å².